The van der Waals surface area contributed by atoms with Crippen molar-refractivity contribution < 1.29 is 4.74 Å². The van der Waals surface area contributed by atoms with Crippen molar-refractivity contribution in [3.63, 3.8) is 0 Å². The maximum atomic E-state index is 5.53. The Bertz CT molecular complexity index is 342. The number of nitrogens with one attached hydrogen (secondary N) is 1. The fraction of sp³-hybridized carbons (Fsp3) is 0.714. The third kappa shape index (κ3) is 5.45. The van der Waals surface area contributed by atoms with Crippen LogP contribution in [0.1, 0.15) is 50.8 Å². The van der Waals surface area contributed by atoms with Crippen LogP contribution in [0.4, 0.5) is 0 Å². The molecule has 102 valence electrons. The van der Waals surface area contributed by atoms with Crippen LogP contribution < -0.4 is 10.1 Å². The van der Waals surface area contributed by atoms with E-state index in [0.717, 1.165) is 37.2 Å². The standard InChI is InChI=1S/C14H25N3O/c1-4-6-7-9-18-14-16-11-13(12(3)17-14)10-15-8-5-2/h11,15H,4-10H2,1-3H3. The molecule has 0 aliphatic rings. The summed E-state index contributed by atoms with van der Waals surface area (Å²) < 4.78 is 5.53. The first kappa shape index (κ1) is 14.9. The number of aryl methyl sites for hydroxylation is 1. The minimum Gasteiger partial charge on any atom is -0.463 e. The highest BCUT2D eigenvalue weighted by atomic mass is 16.5. The van der Waals surface area contributed by atoms with E-state index in [0.29, 0.717) is 12.6 Å². The Labute approximate surface area is 110 Å². The molecule has 0 saturated carbocycles. The SMILES string of the molecule is CCCCCOc1ncc(CNCCC)c(C)n1. The number of nitrogens with zero attached hydrogens (tertiary/aromatic N) is 2. The summed E-state index contributed by atoms with van der Waals surface area (Å²) in [5.41, 5.74) is 2.14. The number of ether oxygens (including phenoxy) is 1. The summed E-state index contributed by atoms with van der Waals surface area (Å²) in [6.45, 7) is 8.90. The van der Waals surface area contributed by atoms with Crippen LogP contribution in [-0.2, 0) is 6.54 Å². The van der Waals surface area contributed by atoms with Crippen LogP contribution in [0.15, 0.2) is 6.20 Å². The van der Waals surface area contributed by atoms with Gasteiger partial charge < -0.3 is 10.1 Å². The molecule has 0 radical (unpaired) electrons. The van der Waals surface area contributed by atoms with Crippen LogP contribution in [0.5, 0.6) is 6.01 Å². The average Bonchev–Trinajstić information content (AvgIpc) is 2.37. The molecule has 0 spiro atoms. The molecule has 0 amide bonds. The second-order valence-corrected chi connectivity index (χ2v) is 4.50. The van der Waals surface area contributed by atoms with Gasteiger partial charge in [-0.1, -0.05) is 26.7 Å². The molecular weight excluding hydrogens is 226 g/mol. The van der Waals surface area contributed by atoms with E-state index < -0.39 is 0 Å². The van der Waals surface area contributed by atoms with Gasteiger partial charge in [0, 0.05) is 24.0 Å². The molecular formula is C14H25N3O. The summed E-state index contributed by atoms with van der Waals surface area (Å²) in [6.07, 6.45) is 6.46. The maximum absolute atomic E-state index is 5.53. The van der Waals surface area contributed by atoms with E-state index in [1.807, 2.05) is 13.1 Å². The van der Waals surface area contributed by atoms with E-state index in [4.69, 9.17) is 4.74 Å². The number of aromatic nitrogens is 2. The van der Waals surface area contributed by atoms with Crippen LogP contribution in [0, 0.1) is 6.92 Å². The average molecular weight is 251 g/mol. The Hall–Kier alpha value is -1.16. The lowest BCUT2D eigenvalue weighted by Crippen LogP contribution is -2.15. The number of unbranched alkanes of at least 4 members (excludes halogenated alkanes) is 2. The highest BCUT2D eigenvalue weighted by molar-refractivity contribution is 5.17. The van der Waals surface area contributed by atoms with Gasteiger partial charge in [-0.25, -0.2) is 9.97 Å². The van der Waals surface area contributed by atoms with Crippen LogP contribution in [0.2, 0.25) is 0 Å². The first-order valence-corrected chi connectivity index (χ1v) is 6.94. The summed E-state index contributed by atoms with van der Waals surface area (Å²) in [5, 5.41) is 3.35. The quantitative estimate of drug-likeness (QED) is 0.686. The zero-order valence-corrected chi connectivity index (χ0v) is 11.8. The van der Waals surface area contributed by atoms with E-state index in [1.165, 1.54) is 12.8 Å². The van der Waals surface area contributed by atoms with Gasteiger partial charge in [0.05, 0.1) is 6.61 Å². The summed E-state index contributed by atoms with van der Waals surface area (Å²) in [7, 11) is 0. The van der Waals surface area contributed by atoms with Gasteiger partial charge >= 0.3 is 6.01 Å². The molecule has 0 unspecified atom stereocenters. The Morgan fingerprint density at radius 2 is 2.06 bits per heavy atom. The summed E-state index contributed by atoms with van der Waals surface area (Å²) in [4.78, 5) is 8.62. The molecule has 1 aromatic heterocycles. The number of hydrogen-bond acceptors (Lipinski definition) is 4. The molecule has 1 N–H and O–H groups in total. The van der Waals surface area contributed by atoms with E-state index in [1.54, 1.807) is 0 Å². The molecule has 0 bridgehead atoms. The zero-order chi connectivity index (χ0) is 13.2. The van der Waals surface area contributed by atoms with E-state index in [9.17, 15) is 0 Å². The van der Waals surface area contributed by atoms with E-state index in [-0.39, 0.29) is 0 Å². The van der Waals surface area contributed by atoms with E-state index >= 15 is 0 Å². The second-order valence-electron chi connectivity index (χ2n) is 4.50. The Kier molecular flexibility index (Phi) is 7.34. The van der Waals surface area contributed by atoms with Gasteiger partial charge in [-0.15, -0.1) is 0 Å². The Morgan fingerprint density at radius 3 is 2.72 bits per heavy atom. The van der Waals surface area contributed by atoms with Crippen molar-refractivity contribution >= 4 is 0 Å². The highest BCUT2D eigenvalue weighted by Crippen LogP contribution is 2.09. The van der Waals surface area contributed by atoms with Crippen molar-refractivity contribution in [2.75, 3.05) is 13.2 Å². The lowest BCUT2D eigenvalue weighted by molar-refractivity contribution is 0.281. The lowest BCUT2D eigenvalue weighted by atomic mass is 10.2. The summed E-state index contributed by atoms with van der Waals surface area (Å²) in [5.74, 6) is 0. The normalized spacial score (nSPS) is 10.6. The first-order valence-electron chi connectivity index (χ1n) is 6.94. The van der Waals surface area contributed by atoms with Crippen molar-refractivity contribution in [1.82, 2.24) is 15.3 Å². The van der Waals surface area contributed by atoms with Crippen LogP contribution in [0.25, 0.3) is 0 Å². The molecule has 0 atom stereocenters. The van der Waals surface area contributed by atoms with Gasteiger partial charge in [-0.05, 0) is 26.3 Å². The molecule has 1 rings (SSSR count). The predicted molar refractivity (Wildman–Crippen MR) is 73.8 cm³/mol. The van der Waals surface area contributed by atoms with Gasteiger partial charge in [-0.2, -0.15) is 0 Å². The number of hydrogen-bond donors (Lipinski definition) is 1. The molecule has 0 fully saturated rings. The lowest BCUT2D eigenvalue weighted by Gasteiger charge is -2.08. The summed E-state index contributed by atoms with van der Waals surface area (Å²) >= 11 is 0. The molecule has 4 heteroatoms. The second kappa shape index (κ2) is 8.86. The summed E-state index contributed by atoms with van der Waals surface area (Å²) in [6, 6.07) is 0.503. The van der Waals surface area contributed by atoms with Gasteiger partial charge in [0.25, 0.3) is 0 Å². The molecule has 0 saturated heterocycles. The van der Waals surface area contributed by atoms with Gasteiger partial charge in [0.1, 0.15) is 0 Å². The number of rotatable bonds is 9. The third-order valence-corrected chi connectivity index (χ3v) is 2.78. The molecule has 0 aliphatic carbocycles. The molecule has 1 aromatic rings. The van der Waals surface area contributed by atoms with Crippen LogP contribution in [0.3, 0.4) is 0 Å². The van der Waals surface area contributed by atoms with Gasteiger partial charge in [-0.3, -0.25) is 0 Å². The van der Waals surface area contributed by atoms with Gasteiger partial charge in [0.2, 0.25) is 0 Å². The zero-order valence-electron chi connectivity index (χ0n) is 11.8. The Balaban J connectivity index is 2.41. The molecule has 4 nitrogen and oxygen atoms in total. The minimum absolute atomic E-state index is 0.503. The van der Waals surface area contributed by atoms with Crippen LogP contribution in [-0.4, -0.2) is 23.1 Å². The minimum atomic E-state index is 0.503. The predicted octanol–water partition coefficient (Wildman–Crippen LogP) is 2.85. The topological polar surface area (TPSA) is 47.0 Å². The fourth-order valence-electron chi connectivity index (χ4n) is 1.63. The fourth-order valence-corrected chi connectivity index (χ4v) is 1.63. The van der Waals surface area contributed by atoms with Crippen molar-refractivity contribution in [2.45, 2.75) is 53.0 Å². The van der Waals surface area contributed by atoms with Crippen molar-refractivity contribution in [1.29, 1.82) is 0 Å². The van der Waals surface area contributed by atoms with E-state index in [2.05, 4.69) is 29.1 Å². The van der Waals surface area contributed by atoms with Crippen molar-refractivity contribution in [3.8, 4) is 6.01 Å². The molecule has 18 heavy (non-hydrogen) atoms. The Morgan fingerprint density at radius 1 is 1.22 bits per heavy atom. The third-order valence-electron chi connectivity index (χ3n) is 2.78. The molecule has 0 aliphatic heterocycles. The first-order chi connectivity index (χ1) is 8.77. The molecule has 0 aromatic carbocycles. The van der Waals surface area contributed by atoms with Crippen molar-refractivity contribution in [3.05, 3.63) is 17.5 Å². The maximum Gasteiger partial charge on any atom is 0.316 e. The van der Waals surface area contributed by atoms with Gasteiger partial charge in [0.15, 0.2) is 0 Å². The monoisotopic (exact) mass is 251 g/mol. The highest BCUT2D eigenvalue weighted by Gasteiger charge is 2.03. The largest absolute Gasteiger partial charge is 0.463 e. The van der Waals surface area contributed by atoms with Crippen LogP contribution >= 0.6 is 0 Å². The van der Waals surface area contributed by atoms with Crippen molar-refractivity contribution in [2.24, 2.45) is 0 Å². The molecule has 1 heterocycles. The smallest absolute Gasteiger partial charge is 0.316 e.